The summed E-state index contributed by atoms with van der Waals surface area (Å²) in [6, 6.07) is 12.9. The summed E-state index contributed by atoms with van der Waals surface area (Å²) in [5, 5.41) is 0. The second kappa shape index (κ2) is 7.83. The minimum Gasteiger partial charge on any atom is -0.462 e. The number of amides is 1. The van der Waals surface area contributed by atoms with Crippen LogP contribution in [-0.4, -0.2) is 31.3 Å². The summed E-state index contributed by atoms with van der Waals surface area (Å²) in [5.41, 5.74) is 6.29. The molecule has 0 bridgehead atoms. The number of ether oxygens (including phenoxy) is 2. The third-order valence-corrected chi connectivity index (χ3v) is 6.77. The maximum Gasteiger partial charge on any atom is 0.341 e. The van der Waals surface area contributed by atoms with E-state index in [2.05, 4.69) is 0 Å². The van der Waals surface area contributed by atoms with E-state index in [1.54, 1.807) is 50.4 Å². The Kier molecular flexibility index (Phi) is 5.04. The Morgan fingerprint density at radius 2 is 1.88 bits per heavy atom. The summed E-state index contributed by atoms with van der Waals surface area (Å²) in [6.07, 6.45) is 0.342. The van der Waals surface area contributed by atoms with Crippen molar-refractivity contribution in [3.8, 4) is 0 Å². The fourth-order valence-corrected chi connectivity index (χ4v) is 5.35. The number of Topliss-reactive ketones (excluding diaryl/α,β-unsaturated/α-hetero) is 1. The molecular weight excluding hydrogens is 439 g/mol. The van der Waals surface area contributed by atoms with E-state index < -0.39 is 17.3 Å². The first-order chi connectivity index (χ1) is 16.3. The number of benzene rings is 2. The molecule has 2 unspecified atom stereocenters. The number of nitrogens with zero attached hydrogens (tertiary/aromatic N) is 1. The molecule has 2 aromatic carbocycles. The zero-order valence-corrected chi connectivity index (χ0v) is 18.8. The van der Waals surface area contributed by atoms with E-state index in [0.29, 0.717) is 11.3 Å². The number of carbonyl (C=O) groups excluding carboxylic acids is 3. The highest BCUT2D eigenvalue weighted by atomic mass is 19.1. The van der Waals surface area contributed by atoms with Gasteiger partial charge in [-0.3, -0.25) is 9.59 Å². The first-order valence-electron chi connectivity index (χ1n) is 11.1. The van der Waals surface area contributed by atoms with Crippen LogP contribution in [0.5, 0.6) is 0 Å². The van der Waals surface area contributed by atoms with Gasteiger partial charge in [-0.05, 0) is 36.6 Å². The van der Waals surface area contributed by atoms with Crippen molar-refractivity contribution in [2.45, 2.75) is 31.1 Å². The summed E-state index contributed by atoms with van der Waals surface area (Å²) < 4.78 is 24.6. The molecule has 1 amide bonds. The topological polar surface area (TPSA) is 98.9 Å². The lowest BCUT2D eigenvalue weighted by Crippen LogP contribution is -2.51. The van der Waals surface area contributed by atoms with Gasteiger partial charge in [-0.15, -0.1) is 0 Å². The molecule has 2 aliphatic heterocycles. The SMILES string of the molecule is CCOC(=O)C1=C(N)OC2=C(C(=O)CC(c3ccc(F)cc3)C2)C12C(=O)N(C)c1ccccc12. The maximum absolute atomic E-state index is 13.9. The number of carbonyl (C=O) groups is 3. The second-order valence-electron chi connectivity index (χ2n) is 8.57. The van der Waals surface area contributed by atoms with Crippen LogP contribution < -0.4 is 10.6 Å². The maximum atomic E-state index is 13.9. The lowest BCUT2D eigenvalue weighted by Gasteiger charge is -2.40. The van der Waals surface area contributed by atoms with Gasteiger partial charge in [-0.1, -0.05) is 30.3 Å². The van der Waals surface area contributed by atoms with Crippen LogP contribution in [0.2, 0.25) is 0 Å². The third-order valence-electron chi connectivity index (χ3n) is 6.77. The average Bonchev–Trinajstić information content (AvgIpc) is 3.02. The smallest absolute Gasteiger partial charge is 0.341 e. The molecule has 0 saturated carbocycles. The third kappa shape index (κ3) is 2.91. The molecule has 34 heavy (non-hydrogen) atoms. The van der Waals surface area contributed by atoms with Gasteiger partial charge in [0.25, 0.3) is 0 Å². The predicted molar refractivity (Wildman–Crippen MR) is 121 cm³/mol. The molecule has 0 aromatic heterocycles. The number of rotatable bonds is 3. The number of allylic oxidation sites excluding steroid dienone is 1. The molecule has 7 nitrogen and oxygen atoms in total. The monoisotopic (exact) mass is 462 g/mol. The molecule has 3 aliphatic rings. The van der Waals surface area contributed by atoms with Crippen molar-refractivity contribution in [3.63, 3.8) is 0 Å². The average molecular weight is 462 g/mol. The fourth-order valence-electron chi connectivity index (χ4n) is 5.35. The van der Waals surface area contributed by atoms with Gasteiger partial charge in [0.2, 0.25) is 11.8 Å². The highest BCUT2D eigenvalue weighted by Gasteiger charge is 2.63. The number of para-hydroxylation sites is 1. The predicted octanol–water partition coefficient (Wildman–Crippen LogP) is 3.20. The Bertz CT molecular complexity index is 1300. The van der Waals surface area contributed by atoms with Crippen molar-refractivity contribution < 1.29 is 28.2 Å². The molecule has 1 aliphatic carbocycles. The lowest BCUT2D eigenvalue weighted by atomic mass is 9.63. The summed E-state index contributed by atoms with van der Waals surface area (Å²) >= 11 is 0. The van der Waals surface area contributed by atoms with Crippen LogP contribution in [0.3, 0.4) is 0 Å². The van der Waals surface area contributed by atoms with Crippen molar-refractivity contribution in [1.82, 2.24) is 0 Å². The van der Waals surface area contributed by atoms with Crippen LogP contribution in [0.4, 0.5) is 10.1 Å². The van der Waals surface area contributed by atoms with E-state index in [1.165, 1.54) is 17.0 Å². The van der Waals surface area contributed by atoms with Gasteiger partial charge in [-0.2, -0.15) is 0 Å². The molecule has 0 radical (unpaired) electrons. The van der Waals surface area contributed by atoms with Crippen molar-refractivity contribution in [2.24, 2.45) is 5.73 Å². The highest BCUT2D eigenvalue weighted by molar-refractivity contribution is 6.23. The summed E-state index contributed by atoms with van der Waals surface area (Å²) in [5.74, 6) is -2.28. The largest absolute Gasteiger partial charge is 0.462 e. The molecule has 0 saturated heterocycles. The summed E-state index contributed by atoms with van der Waals surface area (Å²) in [7, 11) is 1.60. The molecule has 2 aromatic rings. The number of anilines is 1. The Morgan fingerprint density at radius 1 is 1.18 bits per heavy atom. The molecule has 0 fully saturated rings. The summed E-state index contributed by atoms with van der Waals surface area (Å²) in [4.78, 5) is 42.3. The quantitative estimate of drug-likeness (QED) is 0.704. The molecular formula is C26H23FN2O5. The lowest BCUT2D eigenvalue weighted by molar-refractivity contribution is -0.141. The Hall–Kier alpha value is -3.94. The van der Waals surface area contributed by atoms with Crippen LogP contribution in [0.25, 0.3) is 0 Å². The van der Waals surface area contributed by atoms with Crippen molar-refractivity contribution >= 4 is 23.3 Å². The number of likely N-dealkylation sites (N-methyl/N-ethyl adjacent to an activating group) is 1. The van der Waals surface area contributed by atoms with E-state index in [4.69, 9.17) is 15.2 Å². The minimum absolute atomic E-state index is 0.0594. The number of hydrogen-bond donors (Lipinski definition) is 1. The van der Waals surface area contributed by atoms with Gasteiger partial charge in [0, 0.05) is 31.1 Å². The van der Waals surface area contributed by atoms with Crippen LogP contribution in [0.15, 0.2) is 71.3 Å². The number of esters is 1. The van der Waals surface area contributed by atoms with Gasteiger partial charge >= 0.3 is 5.97 Å². The highest BCUT2D eigenvalue weighted by Crippen LogP contribution is 2.56. The Labute approximate surface area is 195 Å². The number of fused-ring (bicyclic) bond motifs is 3. The van der Waals surface area contributed by atoms with Crippen molar-refractivity contribution in [3.05, 3.63) is 88.3 Å². The number of hydrogen-bond acceptors (Lipinski definition) is 6. The standard InChI is InChI=1S/C26H23FN2O5/c1-3-33-24(31)22-23(28)34-20-13-15(14-8-10-16(27)11-9-14)12-19(30)21(20)26(22)17-6-4-5-7-18(17)29(2)25(26)32/h4-11,15H,3,12-13,28H2,1-2H3. The van der Waals surface area contributed by atoms with E-state index in [1.807, 2.05) is 0 Å². The minimum atomic E-state index is -1.75. The van der Waals surface area contributed by atoms with Crippen LogP contribution in [0, 0.1) is 5.82 Å². The normalized spacial score (nSPS) is 23.7. The number of ketones is 1. The molecule has 2 N–H and O–H groups in total. The summed E-state index contributed by atoms with van der Waals surface area (Å²) in [6.45, 7) is 1.70. The van der Waals surface area contributed by atoms with E-state index in [-0.39, 0.29) is 59.8 Å². The van der Waals surface area contributed by atoms with Crippen molar-refractivity contribution in [2.75, 3.05) is 18.6 Å². The Balaban J connectivity index is 1.74. The Morgan fingerprint density at radius 3 is 2.59 bits per heavy atom. The molecule has 1 spiro atoms. The van der Waals surface area contributed by atoms with Crippen LogP contribution in [0.1, 0.15) is 36.8 Å². The first kappa shape index (κ1) is 21.9. The van der Waals surface area contributed by atoms with Crippen LogP contribution >= 0.6 is 0 Å². The fraction of sp³-hybridized carbons (Fsp3) is 0.269. The van der Waals surface area contributed by atoms with Gasteiger partial charge in [0.1, 0.15) is 22.6 Å². The van der Waals surface area contributed by atoms with Gasteiger partial charge in [0.05, 0.1) is 12.2 Å². The molecule has 174 valence electrons. The molecule has 2 atom stereocenters. The number of halogens is 1. The zero-order valence-electron chi connectivity index (χ0n) is 18.8. The van der Waals surface area contributed by atoms with E-state index in [0.717, 1.165) is 5.56 Å². The molecule has 2 heterocycles. The van der Waals surface area contributed by atoms with Gasteiger partial charge in [-0.25, -0.2) is 9.18 Å². The van der Waals surface area contributed by atoms with E-state index >= 15 is 0 Å². The van der Waals surface area contributed by atoms with Crippen molar-refractivity contribution in [1.29, 1.82) is 0 Å². The number of nitrogens with two attached hydrogens (primary N) is 1. The molecule has 8 heteroatoms. The van der Waals surface area contributed by atoms with Gasteiger partial charge in [0.15, 0.2) is 5.78 Å². The first-order valence-corrected chi connectivity index (χ1v) is 11.1. The second-order valence-corrected chi connectivity index (χ2v) is 8.57. The van der Waals surface area contributed by atoms with Gasteiger partial charge < -0.3 is 20.1 Å². The molecule has 5 rings (SSSR count). The van der Waals surface area contributed by atoms with E-state index in [9.17, 15) is 18.8 Å². The zero-order chi connectivity index (χ0) is 24.2. The van der Waals surface area contributed by atoms with Crippen LogP contribution in [-0.2, 0) is 29.3 Å².